The maximum atomic E-state index is 9.32. The first-order chi connectivity index (χ1) is 9.21. The van der Waals surface area contributed by atoms with Gasteiger partial charge in [0.15, 0.2) is 0 Å². The fourth-order valence-electron chi connectivity index (χ4n) is 3.30. The Morgan fingerprint density at radius 1 is 1.26 bits per heavy atom. The number of hydrogen-bond donors (Lipinski definition) is 1. The van der Waals surface area contributed by atoms with Crippen LogP contribution in [0.5, 0.6) is 0 Å². The van der Waals surface area contributed by atoms with E-state index >= 15 is 0 Å². The topological polar surface area (TPSA) is 39.1 Å². The van der Waals surface area contributed by atoms with Gasteiger partial charge in [-0.3, -0.25) is 0 Å². The summed E-state index contributed by atoms with van der Waals surface area (Å²) in [6.45, 7) is 6.66. The standard InChI is InChI=1S/C16H31N3/c1-4-16(14-17,18-3)12-9-13-19(5-2)15-10-7-6-8-11-15/h15,18H,4-13H2,1-3H3. The van der Waals surface area contributed by atoms with Gasteiger partial charge in [-0.05, 0) is 52.2 Å². The van der Waals surface area contributed by atoms with Crippen LogP contribution in [0.2, 0.25) is 0 Å². The molecule has 19 heavy (non-hydrogen) atoms. The van der Waals surface area contributed by atoms with Crippen molar-refractivity contribution < 1.29 is 0 Å². The predicted molar refractivity (Wildman–Crippen MR) is 81.0 cm³/mol. The van der Waals surface area contributed by atoms with Crippen molar-refractivity contribution in [2.45, 2.75) is 76.8 Å². The molecular formula is C16H31N3. The van der Waals surface area contributed by atoms with Crippen LogP contribution in [0, 0.1) is 11.3 Å². The predicted octanol–water partition coefficient (Wildman–Crippen LogP) is 3.31. The minimum Gasteiger partial charge on any atom is -0.302 e. The van der Waals surface area contributed by atoms with Crippen molar-refractivity contribution in [1.82, 2.24) is 10.2 Å². The van der Waals surface area contributed by atoms with E-state index in [1.54, 1.807) is 0 Å². The summed E-state index contributed by atoms with van der Waals surface area (Å²) in [6.07, 6.45) is 9.92. The molecule has 0 spiro atoms. The van der Waals surface area contributed by atoms with Crippen LogP contribution < -0.4 is 5.32 Å². The van der Waals surface area contributed by atoms with Crippen LogP contribution in [-0.2, 0) is 0 Å². The molecule has 3 heteroatoms. The molecule has 0 radical (unpaired) electrons. The van der Waals surface area contributed by atoms with Gasteiger partial charge in [0.25, 0.3) is 0 Å². The molecule has 1 aliphatic carbocycles. The highest BCUT2D eigenvalue weighted by atomic mass is 15.1. The molecule has 1 unspecified atom stereocenters. The summed E-state index contributed by atoms with van der Waals surface area (Å²) in [4.78, 5) is 2.63. The van der Waals surface area contributed by atoms with E-state index < -0.39 is 0 Å². The Morgan fingerprint density at radius 3 is 2.42 bits per heavy atom. The van der Waals surface area contributed by atoms with Crippen molar-refractivity contribution in [2.24, 2.45) is 0 Å². The molecule has 1 atom stereocenters. The van der Waals surface area contributed by atoms with Crippen LogP contribution in [0.15, 0.2) is 0 Å². The van der Waals surface area contributed by atoms with Crippen molar-refractivity contribution >= 4 is 0 Å². The molecule has 0 bridgehead atoms. The lowest BCUT2D eigenvalue weighted by Crippen LogP contribution is -2.42. The molecule has 1 saturated carbocycles. The normalized spacial score (nSPS) is 20.2. The fraction of sp³-hybridized carbons (Fsp3) is 0.938. The Labute approximate surface area is 119 Å². The molecule has 1 fully saturated rings. The second kappa shape index (κ2) is 8.55. The Kier molecular flexibility index (Phi) is 7.41. The molecule has 0 saturated heterocycles. The molecule has 0 aromatic heterocycles. The molecule has 1 rings (SSSR count). The summed E-state index contributed by atoms with van der Waals surface area (Å²) in [5, 5.41) is 12.5. The summed E-state index contributed by atoms with van der Waals surface area (Å²) >= 11 is 0. The molecule has 0 amide bonds. The Hall–Kier alpha value is -0.590. The van der Waals surface area contributed by atoms with E-state index in [1.165, 1.54) is 32.1 Å². The minimum absolute atomic E-state index is 0.314. The summed E-state index contributed by atoms with van der Waals surface area (Å²) in [6, 6.07) is 3.25. The summed E-state index contributed by atoms with van der Waals surface area (Å²) in [5.41, 5.74) is -0.314. The van der Waals surface area contributed by atoms with Gasteiger partial charge in [-0.25, -0.2) is 0 Å². The second-order valence-corrected chi connectivity index (χ2v) is 5.82. The summed E-state index contributed by atoms with van der Waals surface area (Å²) in [7, 11) is 1.91. The van der Waals surface area contributed by atoms with E-state index in [-0.39, 0.29) is 5.54 Å². The zero-order valence-corrected chi connectivity index (χ0v) is 13.0. The lowest BCUT2D eigenvalue weighted by Gasteiger charge is -2.34. The summed E-state index contributed by atoms with van der Waals surface area (Å²) < 4.78 is 0. The van der Waals surface area contributed by atoms with E-state index in [4.69, 9.17) is 0 Å². The van der Waals surface area contributed by atoms with Crippen LogP contribution in [-0.4, -0.2) is 36.6 Å². The summed E-state index contributed by atoms with van der Waals surface area (Å²) in [5.74, 6) is 0. The third kappa shape index (κ3) is 4.78. The number of nitrogens with zero attached hydrogens (tertiary/aromatic N) is 2. The zero-order chi connectivity index (χ0) is 14.1. The first-order valence-electron chi connectivity index (χ1n) is 8.05. The van der Waals surface area contributed by atoms with Crippen LogP contribution in [0.4, 0.5) is 0 Å². The molecule has 0 aromatic carbocycles. The molecule has 0 aliphatic heterocycles. The van der Waals surface area contributed by atoms with Crippen LogP contribution >= 0.6 is 0 Å². The van der Waals surface area contributed by atoms with Gasteiger partial charge < -0.3 is 10.2 Å². The fourth-order valence-corrected chi connectivity index (χ4v) is 3.30. The van der Waals surface area contributed by atoms with Crippen molar-refractivity contribution in [2.75, 3.05) is 20.1 Å². The smallest absolute Gasteiger partial charge is 0.106 e. The second-order valence-electron chi connectivity index (χ2n) is 5.82. The van der Waals surface area contributed by atoms with Crippen molar-refractivity contribution in [1.29, 1.82) is 5.26 Å². The lowest BCUT2D eigenvalue weighted by atomic mass is 9.91. The van der Waals surface area contributed by atoms with Gasteiger partial charge in [0.2, 0.25) is 0 Å². The van der Waals surface area contributed by atoms with E-state index in [2.05, 4.69) is 30.1 Å². The average Bonchev–Trinajstić information content (AvgIpc) is 2.49. The largest absolute Gasteiger partial charge is 0.302 e. The molecule has 0 aromatic rings. The molecule has 1 aliphatic rings. The third-order valence-electron chi connectivity index (χ3n) is 4.84. The number of rotatable bonds is 8. The van der Waals surface area contributed by atoms with E-state index in [0.717, 1.165) is 38.4 Å². The van der Waals surface area contributed by atoms with Crippen LogP contribution in [0.3, 0.4) is 0 Å². The van der Waals surface area contributed by atoms with Crippen molar-refractivity contribution in [3.8, 4) is 6.07 Å². The van der Waals surface area contributed by atoms with Crippen molar-refractivity contribution in [3.05, 3.63) is 0 Å². The van der Waals surface area contributed by atoms with Gasteiger partial charge in [-0.1, -0.05) is 33.1 Å². The maximum absolute atomic E-state index is 9.32. The quantitative estimate of drug-likeness (QED) is 0.732. The van der Waals surface area contributed by atoms with E-state index in [0.29, 0.717) is 0 Å². The van der Waals surface area contributed by atoms with Gasteiger partial charge in [-0.2, -0.15) is 5.26 Å². The number of nitrogens with one attached hydrogen (secondary N) is 1. The van der Waals surface area contributed by atoms with Gasteiger partial charge in [0, 0.05) is 6.04 Å². The Morgan fingerprint density at radius 2 is 1.95 bits per heavy atom. The Balaban J connectivity index is 2.38. The van der Waals surface area contributed by atoms with Gasteiger partial charge in [0.05, 0.1) is 6.07 Å². The average molecular weight is 265 g/mol. The van der Waals surface area contributed by atoms with Crippen LogP contribution in [0.25, 0.3) is 0 Å². The SMILES string of the molecule is CCN(CCCC(C#N)(CC)NC)C1CCCCC1. The zero-order valence-electron chi connectivity index (χ0n) is 13.0. The highest BCUT2D eigenvalue weighted by Gasteiger charge is 2.26. The van der Waals surface area contributed by atoms with Gasteiger partial charge >= 0.3 is 0 Å². The molecule has 0 heterocycles. The monoisotopic (exact) mass is 265 g/mol. The van der Waals surface area contributed by atoms with Crippen molar-refractivity contribution in [3.63, 3.8) is 0 Å². The van der Waals surface area contributed by atoms with Gasteiger partial charge in [-0.15, -0.1) is 0 Å². The van der Waals surface area contributed by atoms with E-state index in [1.807, 2.05) is 7.05 Å². The third-order valence-corrected chi connectivity index (χ3v) is 4.84. The first kappa shape index (κ1) is 16.5. The molecular weight excluding hydrogens is 234 g/mol. The van der Waals surface area contributed by atoms with Gasteiger partial charge in [0.1, 0.15) is 5.54 Å². The van der Waals surface area contributed by atoms with Crippen LogP contribution in [0.1, 0.15) is 65.2 Å². The first-order valence-corrected chi connectivity index (χ1v) is 8.05. The molecule has 1 N–H and O–H groups in total. The molecule has 110 valence electrons. The molecule has 3 nitrogen and oxygen atoms in total. The highest BCUT2D eigenvalue weighted by Crippen LogP contribution is 2.23. The Bertz CT molecular complexity index is 272. The van der Waals surface area contributed by atoms with E-state index in [9.17, 15) is 5.26 Å². The number of hydrogen-bond acceptors (Lipinski definition) is 3. The lowest BCUT2D eigenvalue weighted by molar-refractivity contribution is 0.157. The highest BCUT2D eigenvalue weighted by molar-refractivity contribution is 5.05. The number of nitriles is 1. The maximum Gasteiger partial charge on any atom is 0.106 e. The minimum atomic E-state index is -0.314.